The Labute approximate surface area is 151 Å². The smallest absolute Gasteiger partial charge is 0.280 e. The first-order chi connectivity index (χ1) is 12.8. The summed E-state index contributed by atoms with van der Waals surface area (Å²) >= 11 is 0.603. The fraction of sp³-hybridized carbons (Fsp3) is 0.214. The van der Waals surface area contributed by atoms with Crippen LogP contribution in [0.1, 0.15) is 5.56 Å². The van der Waals surface area contributed by atoms with Gasteiger partial charge in [-0.2, -0.15) is 4.98 Å². The van der Waals surface area contributed by atoms with Crippen LogP contribution < -0.4 is 11.3 Å². The minimum Gasteiger partial charge on any atom is -0.395 e. The molecule has 3 rings (SSSR count). The highest BCUT2D eigenvalue weighted by Crippen LogP contribution is 2.30. The van der Waals surface area contributed by atoms with Gasteiger partial charge in [0.2, 0.25) is 11.8 Å². The van der Waals surface area contributed by atoms with Gasteiger partial charge in [0.1, 0.15) is 0 Å². The molecule has 0 bridgehead atoms. The molecule has 2 heterocycles. The van der Waals surface area contributed by atoms with Crippen molar-refractivity contribution in [2.24, 2.45) is 0 Å². The summed E-state index contributed by atoms with van der Waals surface area (Å²) in [6.45, 7) is -0.484. The summed E-state index contributed by atoms with van der Waals surface area (Å²) in [5.41, 5.74) is 3.58. The fourth-order valence-electron chi connectivity index (χ4n) is 2.33. The van der Waals surface area contributed by atoms with E-state index in [0.717, 1.165) is 0 Å². The van der Waals surface area contributed by atoms with Gasteiger partial charge in [-0.25, -0.2) is 26.9 Å². The zero-order chi connectivity index (χ0) is 19.9. The first-order valence-corrected chi connectivity index (χ1v) is 8.24. The zero-order valence-electron chi connectivity index (χ0n) is 13.2. The third kappa shape index (κ3) is 3.23. The van der Waals surface area contributed by atoms with Crippen LogP contribution in [0.3, 0.4) is 0 Å². The quantitative estimate of drug-likeness (QED) is 0.257. The van der Waals surface area contributed by atoms with Crippen LogP contribution in [0.25, 0.3) is 11.2 Å². The first kappa shape index (κ1) is 19.1. The lowest BCUT2D eigenvalue weighted by atomic mass is 10.2. The fourth-order valence-corrected chi connectivity index (χ4v) is 3.35. The lowest BCUT2D eigenvalue weighted by Gasteiger charge is -2.09. The molecule has 0 aliphatic rings. The van der Waals surface area contributed by atoms with Gasteiger partial charge >= 0.3 is 0 Å². The van der Waals surface area contributed by atoms with Crippen molar-refractivity contribution in [3.8, 4) is 0 Å². The number of hydrogen-bond acceptors (Lipinski definition) is 6. The molecule has 2 aromatic heterocycles. The molecule has 0 atom stereocenters. The van der Waals surface area contributed by atoms with Crippen LogP contribution in [0.2, 0.25) is 0 Å². The highest BCUT2D eigenvalue weighted by atomic mass is 32.2. The third-order valence-electron chi connectivity index (χ3n) is 3.56. The number of nitrogens with two attached hydrogens (primary N) is 1. The summed E-state index contributed by atoms with van der Waals surface area (Å²) < 4.78 is 68.5. The molecule has 0 unspecified atom stereocenters. The molecule has 0 spiro atoms. The molecule has 0 saturated heterocycles. The average Bonchev–Trinajstić information content (AvgIpc) is 2.97. The Morgan fingerprint density at radius 2 is 1.63 bits per heavy atom. The van der Waals surface area contributed by atoms with E-state index in [1.54, 1.807) is 0 Å². The molecule has 144 valence electrons. The van der Waals surface area contributed by atoms with Crippen LogP contribution in [0, 0.1) is 29.1 Å². The van der Waals surface area contributed by atoms with Gasteiger partial charge in [0.25, 0.3) is 5.56 Å². The van der Waals surface area contributed by atoms with E-state index in [0.29, 0.717) is 11.8 Å². The Morgan fingerprint density at radius 1 is 1.04 bits per heavy atom. The second kappa shape index (κ2) is 7.15. The van der Waals surface area contributed by atoms with E-state index in [1.165, 1.54) is 4.57 Å². The molecule has 7 nitrogen and oxygen atoms in total. The summed E-state index contributed by atoms with van der Waals surface area (Å²) in [6.07, 6.45) is 0. The van der Waals surface area contributed by atoms with Crippen molar-refractivity contribution in [1.82, 2.24) is 19.5 Å². The number of nitrogen functional groups attached to an aromatic ring is 1. The molecule has 0 amide bonds. The Bertz CT molecular complexity index is 1070. The molecule has 3 aromatic rings. The van der Waals surface area contributed by atoms with Gasteiger partial charge in [-0.1, -0.05) is 11.8 Å². The van der Waals surface area contributed by atoms with Crippen molar-refractivity contribution < 1.29 is 27.1 Å². The number of fused-ring (bicyclic) bond motifs is 1. The number of H-pyrrole nitrogens is 1. The van der Waals surface area contributed by atoms with E-state index >= 15 is 0 Å². The summed E-state index contributed by atoms with van der Waals surface area (Å²) in [5.74, 6) is -11.2. The van der Waals surface area contributed by atoms with Gasteiger partial charge in [-0.05, 0) is 0 Å². The number of hydrogen-bond donors (Lipinski definition) is 3. The van der Waals surface area contributed by atoms with Gasteiger partial charge in [-0.3, -0.25) is 9.78 Å². The predicted molar refractivity (Wildman–Crippen MR) is 85.4 cm³/mol. The third-order valence-corrected chi connectivity index (χ3v) is 4.56. The van der Waals surface area contributed by atoms with Crippen molar-refractivity contribution in [3.05, 3.63) is 45.0 Å². The van der Waals surface area contributed by atoms with Crippen LogP contribution in [0.5, 0.6) is 0 Å². The van der Waals surface area contributed by atoms with E-state index < -0.39 is 52.6 Å². The molecule has 0 saturated carbocycles. The van der Waals surface area contributed by atoms with Crippen molar-refractivity contribution in [2.75, 3.05) is 12.3 Å². The summed E-state index contributed by atoms with van der Waals surface area (Å²) in [5, 5.41) is 9.15. The highest BCUT2D eigenvalue weighted by Gasteiger charge is 2.26. The minimum absolute atomic E-state index is 0.00483. The number of aliphatic hydroxyl groups is 1. The van der Waals surface area contributed by atoms with Crippen molar-refractivity contribution in [1.29, 1.82) is 0 Å². The molecular formula is C14H10F5N5O2S. The Hall–Kier alpha value is -2.67. The number of imidazole rings is 1. The number of rotatable bonds is 5. The number of aliphatic hydroxyl groups excluding tert-OH is 1. The van der Waals surface area contributed by atoms with Crippen LogP contribution in [-0.2, 0) is 12.3 Å². The van der Waals surface area contributed by atoms with E-state index in [9.17, 15) is 31.9 Å². The number of anilines is 1. The molecule has 0 aliphatic heterocycles. The average molecular weight is 407 g/mol. The van der Waals surface area contributed by atoms with E-state index in [1.807, 2.05) is 0 Å². The molecular weight excluding hydrogens is 397 g/mol. The Balaban J connectivity index is 2.05. The minimum atomic E-state index is -2.25. The van der Waals surface area contributed by atoms with Gasteiger partial charge in [0, 0.05) is 17.9 Å². The van der Waals surface area contributed by atoms with Crippen molar-refractivity contribution in [3.63, 3.8) is 0 Å². The van der Waals surface area contributed by atoms with Gasteiger partial charge in [0.15, 0.2) is 39.6 Å². The van der Waals surface area contributed by atoms with Crippen LogP contribution in [0.4, 0.5) is 27.9 Å². The molecule has 0 radical (unpaired) electrons. The van der Waals surface area contributed by atoms with Gasteiger partial charge < -0.3 is 15.4 Å². The standard InChI is InChI=1S/C14H10F5N5O2S/c15-5-4(6(16)8(18)9(19)7(5)17)3-27-14-21-10-11(24(14)1-2-25)22-13(20)23-12(10)26/h25H,1-3H2,(H3,20,22,23,26). The van der Waals surface area contributed by atoms with Crippen LogP contribution >= 0.6 is 11.8 Å². The molecule has 0 fully saturated rings. The molecule has 4 N–H and O–H groups in total. The van der Waals surface area contributed by atoms with E-state index in [-0.39, 0.29) is 28.8 Å². The number of benzene rings is 1. The SMILES string of the molecule is Nc1nc2c(nc(SCc3c(F)c(F)c(F)c(F)c3F)n2CCO)c(=O)[nH]1. The zero-order valence-corrected chi connectivity index (χ0v) is 14.0. The monoisotopic (exact) mass is 407 g/mol. The van der Waals surface area contributed by atoms with E-state index in [2.05, 4.69) is 15.0 Å². The van der Waals surface area contributed by atoms with Crippen LogP contribution in [-0.4, -0.2) is 31.2 Å². The van der Waals surface area contributed by atoms with Crippen LogP contribution in [0.15, 0.2) is 9.95 Å². The van der Waals surface area contributed by atoms with Gasteiger partial charge in [-0.15, -0.1) is 0 Å². The molecule has 13 heteroatoms. The van der Waals surface area contributed by atoms with Crippen molar-refractivity contribution >= 4 is 28.9 Å². The second-order valence-corrected chi connectivity index (χ2v) is 6.17. The van der Waals surface area contributed by atoms with Crippen molar-refractivity contribution in [2.45, 2.75) is 17.5 Å². The lowest BCUT2D eigenvalue weighted by molar-refractivity contribution is 0.273. The number of thioether (sulfide) groups is 1. The maximum absolute atomic E-state index is 13.8. The number of nitrogens with zero attached hydrogens (tertiary/aromatic N) is 3. The Kier molecular flexibility index (Phi) is 5.06. The normalized spacial score (nSPS) is 11.5. The molecule has 0 aliphatic carbocycles. The largest absolute Gasteiger partial charge is 0.395 e. The second-order valence-electron chi connectivity index (χ2n) is 5.23. The number of aromatic nitrogens is 4. The maximum atomic E-state index is 13.8. The summed E-state index contributed by atoms with van der Waals surface area (Å²) in [4.78, 5) is 21.9. The predicted octanol–water partition coefficient (Wildman–Crippen LogP) is 1.68. The topological polar surface area (TPSA) is 110 Å². The van der Waals surface area contributed by atoms with Gasteiger partial charge in [0.05, 0.1) is 6.61 Å². The highest BCUT2D eigenvalue weighted by molar-refractivity contribution is 7.98. The first-order valence-electron chi connectivity index (χ1n) is 7.26. The van der Waals surface area contributed by atoms with E-state index in [4.69, 9.17) is 5.73 Å². The molecule has 1 aromatic carbocycles. The molecule has 27 heavy (non-hydrogen) atoms. The Morgan fingerprint density at radius 3 is 2.22 bits per heavy atom. The number of nitrogens with one attached hydrogen (secondary N) is 1. The number of aromatic amines is 1. The number of halogens is 5. The summed E-state index contributed by atoms with van der Waals surface area (Å²) in [7, 11) is 0. The maximum Gasteiger partial charge on any atom is 0.280 e. The lowest BCUT2D eigenvalue weighted by Crippen LogP contribution is -2.12. The summed E-state index contributed by atoms with van der Waals surface area (Å²) in [6, 6.07) is 0.